The Labute approximate surface area is 183 Å². The largest absolute Gasteiger partial charge is 0.356 e. The number of amides is 1. The third kappa shape index (κ3) is 4.32. The standard InChI is InChI=1S/C22H26N4O.HI/c1-23-22(25-14-16-11-10-15-6-2-3-7-17(15)16)24-13-12-19-18-8-4-5-9-20(18)26-21(19)27;/h2-9,16,19H,10-14H2,1H3,(H,26,27)(H2,23,24,25);1H. The summed E-state index contributed by atoms with van der Waals surface area (Å²) in [4.78, 5) is 16.5. The summed E-state index contributed by atoms with van der Waals surface area (Å²) >= 11 is 0. The number of fused-ring (bicyclic) bond motifs is 2. The van der Waals surface area contributed by atoms with E-state index in [1.807, 2.05) is 24.3 Å². The lowest BCUT2D eigenvalue weighted by Crippen LogP contribution is -2.40. The molecule has 1 amide bonds. The van der Waals surface area contributed by atoms with Crippen molar-refractivity contribution in [2.75, 3.05) is 25.5 Å². The Bertz CT molecular complexity index is 867. The van der Waals surface area contributed by atoms with E-state index in [2.05, 4.69) is 45.2 Å². The molecule has 148 valence electrons. The van der Waals surface area contributed by atoms with Crippen LogP contribution >= 0.6 is 24.0 Å². The first-order valence-electron chi connectivity index (χ1n) is 9.68. The summed E-state index contributed by atoms with van der Waals surface area (Å²) < 4.78 is 0. The van der Waals surface area contributed by atoms with Crippen molar-refractivity contribution in [3.8, 4) is 0 Å². The number of guanidine groups is 1. The van der Waals surface area contributed by atoms with Gasteiger partial charge in [-0.25, -0.2) is 0 Å². The average molecular weight is 490 g/mol. The third-order valence-corrected chi connectivity index (χ3v) is 5.63. The van der Waals surface area contributed by atoms with Gasteiger partial charge in [-0.15, -0.1) is 24.0 Å². The number of nitrogens with one attached hydrogen (secondary N) is 3. The molecule has 2 aromatic carbocycles. The number of para-hydroxylation sites is 1. The van der Waals surface area contributed by atoms with Gasteiger partial charge >= 0.3 is 0 Å². The van der Waals surface area contributed by atoms with E-state index in [1.165, 1.54) is 17.5 Å². The van der Waals surface area contributed by atoms with Gasteiger partial charge in [-0.3, -0.25) is 9.79 Å². The van der Waals surface area contributed by atoms with Crippen LogP contribution in [-0.4, -0.2) is 32.0 Å². The minimum atomic E-state index is -0.0893. The normalized spacial score (nSPS) is 20.0. The van der Waals surface area contributed by atoms with Crippen LogP contribution in [-0.2, 0) is 11.2 Å². The monoisotopic (exact) mass is 490 g/mol. The molecule has 1 heterocycles. The van der Waals surface area contributed by atoms with Crippen molar-refractivity contribution in [3.05, 3.63) is 65.2 Å². The van der Waals surface area contributed by atoms with Crippen molar-refractivity contribution in [2.24, 2.45) is 4.99 Å². The Hall–Kier alpha value is -2.09. The highest BCUT2D eigenvalue weighted by Gasteiger charge is 2.29. The molecule has 1 aliphatic carbocycles. The van der Waals surface area contributed by atoms with Crippen molar-refractivity contribution >= 4 is 41.5 Å². The van der Waals surface area contributed by atoms with E-state index >= 15 is 0 Å². The van der Waals surface area contributed by atoms with Gasteiger partial charge in [0.2, 0.25) is 5.91 Å². The van der Waals surface area contributed by atoms with Gasteiger partial charge in [0.05, 0.1) is 5.92 Å². The number of rotatable bonds is 5. The number of aryl methyl sites for hydroxylation is 1. The van der Waals surface area contributed by atoms with Crippen molar-refractivity contribution in [1.29, 1.82) is 0 Å². The van der Waals surface area contributed by atoms with Crippen LogP contribution in [0.25, 0.3) is 0 Å². The predicted octanol–water partition coefficient (Wildman–Crippen LogP) is 3.63. The molecule has 0 spiro atoms. The number of halogens is 1. The highest BCUT2D eigenvalue weighted by Crippen LogP contribution is 2.34. The van der Waals surface area contributed by atoms with Gasteiger partial charge in [-0.05, 0) is 42.0 Å². The van der Waals surface area contributed by atoms with Crippen molar-refractivity contribution in [3.63, 3.8) is 0 Å². The zero-order valence-corrected chi connectivity index (χ0v) is 18.4. The molecule has 6 heteroatoms. The second kappa shape index (κ2) is 9.41. The van der Waals surface area contributed by atoms with Gasteiger partial charge < -0.3 is 16.0 Å². The number of hydrogen-bond donors (Lipinski definition) is 3. The summed E-state index contributed by atoms with van der Waals surface area (Å²) in [7, 11) is 1.79. The Morgan fingerprint density at radius 2 is 1.86 bits per heavy atom. The van der Waals surface area contributed by atoms with Gasteiger partial charge in [0.1, 0.15) is 0 Å². The topological polar surface area (TPSA) is 65.5 Å². The van der Waals surface area contributed by atoms with E-state index in [0.29, 0.717) is 12.5 Å². The molecular weight excluding hydrogens is 463 g/mol. The molecule has 0 saturated heterocycles. The summed E-state index contributed by atoms with van der Waals surface area (Å²) in [5, 5.41) is 9.76. The molecule has 0 saturated carbocycles. The van der Waals surface area contributed by atoms with Crippen LogP contribution in [0.3, 0.4) is 0 Å². The Kier molecular flexibility index (Phi) is 6.93. The fourth-order valence-electron chi connectivity index (χ4n) is 4.20. The predicted molar refractivity (Wildman–Crippen MR) is 125 cm³/mol. The molecule has 2 unspecified atom stereocenters. The molecule has 28 heavy (non-hydrogen) atoms. The molecule has 3 N–H and O–H groups in total. The molecular formula is C22H27IN4O. The Morgan fingerprint density at radius 3 is 2.68 bits per heavy atom. The maximum Gasteiger partial charge on any atom is 0.232 e. The number of carbonyl (C=O) groups is 1. The fourth-order valence-corrected chi connectivity index (χ4v) is 4.20. The average Bonchev–Trinajstić information content (AvgIpc) is 3.25. The number of anilines is 1. The number of aliphatic imine (C=N–C) groups is 1. The molecule has 2 atom stereocenters. The zero-order chi connectivity index (χ0) is 18.6. The molecule has 5 nitrogen and oxygen atoms in total. The van der Waals surface area contributed by atoms with Crippen molar-refractivity contribution in [2.45, 2.75) is 31.1 Å². The first-order valence-corrected chi connectivity index (χ1v) is 9.68. The van der Waals surface area contributed by atoms with E-state index in [0.717, 1.165) is 36.6 Å². The van der Waals surface area contributed by atoms with E-state index < -0.39 is 0 Å². The molecule has 2 aliphatic rings. The summed E-state index contributed by atoms with van der Waals surface area (Å²) in [5.41, 5.74) is 4.96. The molecule has 0 fully saturated rings. The number of nitrogens with zero attached hydrogens (tertiary/aromatic N) is 1. The van der Waals surface area contributed by atoms with E-state index in [4.69, 9.17) is 0 Å². The van der Waals surface area contributed by atoms with Crippen LogP contribution in [0.4, 0.5) is 5.69 Å². The van der Waals surface area contributed by atoms with Gasteiger partial charge in [-0.2, -0.15) is 0 Å². The minimum Gasteiger partial charge on any atom is -0.356 e. The molecule has 0 radical (unpaired) electrons. The summed E-state index contributed by atoms with van der Waals surface area (Å²) in [6.07, 6.45) is 3.09. The maximum atomic E-state index is 12.2. The Balaban J connectivity index is 0.00000225. The minimum absolute atomic E-state index is 0. The fraction of sp³-hybridized carbons (Fsp3) is 0.364. The number of benzene rings is 2. The number of carbonyl (C=O) groups excluding carboxylic acids is 1. The lowest BCUT2D eigenvalue weighted by molar-refractivity contribution is -0.117. The van der Waals surface area contributed by atoms with Crippen LogP contribution in [0, 0.1) is 0 Å². The summed E-state index contributed by atoms with van der Waals surface area (Å²) in [5.74, 6) is 1.33. The Morgan fingerprint density at radius 1 is 1.11 bits per heavy atom. The maximum absolute atomic E-state index is 12.2. The quantitative estimate of drug-likeness (QED) is 0.341. The highest BCUT2D eigenvalue weighted by atomic mass is 127. The van der Waals surface area contributed by atoms with Crippen LogP contribution in [0.5, 0.6) is 0 Å². The van der Waals surface area contributed by atoms with E-state index in [1.54, 1.807) is 7.05 Å². The molecule has 1 aliphatic heterocycles. The highest BCUT2D eigenvalue weighted by molar-refractivity contribution is 14.0. The SMILES string of the molecule is CN=C(NCCC1C(=O)Nc2ccccc21)NCC1CCc2ccccc21.I. The van der Waals surface area contributed by atoms with Crippen LogP contribution < -0.4 is 16.0 Å². The number of hydrogen-bond acceptors (Lipinski definition) is 2. The van der Waals surface area contributed by atoms with Crippen molar-refractivity contribution in [1.82, 2.24) is 10.6 Å². The smallest absolute Gasteiger partial charge is 0.232 e. The first kappa shape index (κ1) is 20.6. The van der Waals surface area contributed by atoms with Gasteiger partial charge in [-0.1, -0.05) is 42.5 Å². The van der Waals surface area contributed by atoms with Gasteiger partial charge in [0, 0.05) is 31.7 Å². The second-order valence-corrected chi connectivity index (χ2v) is 7.23. The second-order valence-electron chi connectivity index (χ2n) is 7.23. The molecule has 2 aromatic rings. The van der Waals surface area contributed by atoms with E-state index in [9.17, 15) is 4.79 Å². The van der Waals surface area contributed by atoms with Gasteiger partial charge in [0.15, 0.2) is 5.96 Å². The van der Waals surface area contributed by atoms with Crippen LogP contribution in [0.15, 0.2) is 53.5 Å². The zero-order valence-electron chi connectivity index (χ0n) is 16.1. The first-order chi connectivity index (χ1) is 13.3. The van der Waals surface area contributed by atoms with Crippen LogP contribution in [0.2, 0.25) is 0 Å². The van der Waals surface area contributed by atoms with E-state index in [-0.39, 0.29) is 35.8 Å². The lowest BCUT2D eigenvalue weighted by Gasteiger charge is -2.17. The summed E-state index contributed by atoms with van der Waals surface area (Å²) in [6, 6.07) is 16.6. The summed E-state index contributed by atoms with van der Waals surface area (Å²) in [6.45, 7) is 1.58. The van der Waals surface area contributed by atoms with Crippen molar-refractivity contribution < 1.29 is 4.79 Å². The van der Waals surface area contributed by atoms with Crippen LogP contribution in [0.1, 0.15) is 41.4 Å². The third-order valence-electron chi connectivity index (χ3n) is 5.63. The van der Waals surface area contributed by atoms with Gasteiger partial charge in [0.25, 0.3) is 0 Å². The molecule has 0 bridgehead atoms. The lowest BCUT2D eigenvalue weighted by atomic mass is 9.97. The molecule has 4 rings (SSSR count). The molecule has 0 aromatic heterocycles.